The maximum absolute atomic E-state index is 11.5. The summed E-state index contributed by atoms with van der Waals surface area (Å²) in [5.74, 6) is -1.40. The molecule has 20 heavy (non-hydrogen) atoms. The fourth-order valence-corrected chi connectivity index (χ4v) is 1.81. The molecular formula is C14H14N2O4. The molecule has 1 aromatic carbocycles. The summed E-state index contributed by atoms with van der Waals surface area (Å²) in [6, 6.07) is 4.85. The van der Waals surface area contributed by atoms with Gasteiger partial charge < -0.3 is 9.84 Å². The quantitative estimate of drug-likeness (QED) is 0.863. The molecule has 0 aliphatic rings. The van der Waals surface area contributed by atoms with Gasteiger partial charge in [0.1, 0.15) is 0 Å². The Morgan fingerprint density at radius 2 is 2.15 bits per heavy atom. The molecule has 6 nitrogen and oxygen atoms in total. The third-order valence-electron chi connectivity index (χ3n) is 2.80. The van der Waals surface area contributed by atoms with Crippen LogP contribution in [0, 0.1) is 6.92 Å². The lowest BCUT2D eigenvalue weighted by molar-refractivity contribution is 0.0526. The number of aromatic carboxylic acids is 1. The standard InChI is InChI=1S/C14H14N2O4/c1-3-20-14(19)10-7-15-16(8-10)11-4-5-12(13(17)18)9(2)6-11/h4-8H,3H2,1-2H3,(H,17,18). The van der Waals surface area contributed by atoms with Crippen LogP contribution in [0.2, 0.25) is 0 Å². The van der Waals surface area contributed by atoms with Gasteiger partial charge in [-0.1, -0.05) is 0 Å². The molecule has 0 fully saturated rings. The van der Waals surface area contributed by atoms with Gasteiger partial charge in [0.15, 0.2) is 0 Å². The van der Waals surface area contributed by atoms with Crippen LogP contribution in [0.15, 0.2) is 30.6 Å². The van der Waals surface area contributed by atoms with Gasteiger partial charge in [-0.3, -0.25) is 0 Å². The van der Waals surface area contributed by atoms with Gasteiger partial charge in [-0.15, -0.1) is 0 Å². The molecule has 6 heteroatoms. The average molecular weight is 274 g/mol. The summed E-state index contributed by atoms with van der Waals surface area (Å²) in [4.78, 5) is 22.5. The molecule has 0 aliphatic carbocycles. The highest BCUT2D eigenvalue weighted by Gasteiger charge is 2.12. The first-order chi connectivity index (χ1) is 9.52. The van der Waals surface area contributed by atoms with E-state index >= 15 is 0 Å². The second kappa shape index (κ2) is 5.56. The summed E-state index contributed by atoms with van der Waals surface area (Å²) < 4.78 is 6.39. The van der Waals surface area contributed by atoms with Gasteiger partial charge in [0.05, 0.1) is 29.6 Å². The summed E-state index contributed by atoms with van der Waals surface area (Å²) in [5.41, 5.74) is 1.91. The molecule has 1 aromatic heterocycles. The van der Waals surface area contributed by atoms with E-state index in [0.717, 1.165) is 0 Å². The topological polar surface area (TPSA) is 81.4 Å². The molecule has 0 amide bonds. The number of carboxylic acid groups (broad SMARTS) is 1. The van der Waals surface area contributed by atoms with E-state index in [1.807, 2.05) is 0 Å². The molecule has 1 N–H and O–H groups in total. The van der Waals surface area contributed by atoms with Crippen molar-refractivity contribution in [1.29, 1.82) is 0 Å². The van der Waals surface area contributed by atoms with Crippen molar-refractivity contribution in [1.82, 2.24) is 9.78 Å². The number of carbonyl (C=O) groups excluding carboxylic acids is 1. The highest BCUT2D eigenvalue weighted by molar-refractivity contribution is 5.90. The van der Waals surface area contributed by atoms with Crippen molar-refractivity contribution in [3.8, 4) is 5.69 Å². The van der Waals surface area contributed by atoms with Crippen molar-refractivity contribution < 1.29 is 19.4 Å². The molecular weight excluding hydrogens is 260 g/mol. The molecule has 0 radical (unpaired) electrons. The van der Waals surface area contributed by atoms with Gasteiger partial charge in [0.25, 0.3) is 0 Å². The Morgan fingerprint density at radius 1 is 1.40 bits per heavy atom. The molecule has 1 heterocycles. The van der Waals surface area contributed by atoms with Crippen LogP contribution in [-0.2, 0) is 4.74 Å². The Balaban J connectivity index is 2.31. The van der Waals surface area contributed by atoms with Crippen molar-refractivity contribution >= 4 is 11.9 Å². The average Bonchev–Trinajstić information content (AvgIpc) is 2.88. The minimum absolute atomic E-state index is 0.242. The van der Waals surface area contributed by atoms with Gasteiger partial charge in [0, 0.05) is 6.20 Å². The third-order valence-corrected chi connectivity index (χ3v) is 2.80. The number of rotatable bonds is 4. The molecule has 104 valence electrons. The van der Waals surface area contributed by atoms with E-state index in [1.165, 1.54) is 16.9 Å². The number of hydrogen-bond donors (Lipinski definition) is 1. The maximum Gasteiger partial charge on any atom is 0.341 e. The Morgan fingerprint density at radius 3 is 2.75 bits per heavy atom. The molecule has 2 rings (SSSR count). The van der Waals surface area contributed by atoms with Crippen LogP contribution in [0.5, 0.6) is 0 Å². The lowest BCUT2D eigenvalue weighted by Crippen LogP contribution is -2.04. The Bertz CT molecular complexity index is 661. The van der Waals surface area contributed by atoms with E-state index in [9.17, 15) is 9.59 Å². The van der Waals surface area contributed by atoms with E-state index < -0.39 is 11.9 Å². The molecule has 2 aromatic rings. The zero-order valence-corrected chi connectivity index (χ0v) is 11.2. The van der Waals surface area contributed by atoms with Gasteiger partial charge in [0.2, 0.25) is 0 Å². The summed E-state index contributed by atoms with van der Waals surface area (Å²) in [6.07, 6.45) is 2.96. The van der Waals surface area contributed by atoms with E-state index in [4.69, 9.17) is 9.84 Å². The van der Waals surface area contributed by atoms with Crippen molar-refractivity contribution in [2.45, 2.75) is 13.8 Å². The summed E-state index contributed by atoms with van der Waals surface area (Å²) >= 11 is 0. The largest absolute Gasteiger partial charge is 0.478 e. The van der Waals surface area contributed by atoms with Crippen LogP contribution in [-0.4, -0.2) is 33.4 Å². The molecule has 0 saturated heterocycles. The molecule has 0 unspecified atom stereocenters. The molecule has 0 atom stereocenters. The van der Waals surface area contributed by atoms with Crippen molar-refractivity contribution in [3.63, 3.8) is 0 Å². The minimum Gasteiger partial charge on any atom is -0.478 e. The molecule has 0 saturated carbocycles. The summed E-state index contributed by atoms with van der Waals surface area (Å²) in [6.45, 7) is 3.75. The monoisotopic (exact) mass is 274 g/mol. The number of aromatic nitrogens is 2. The number of ether oxygens (including phenoxy) is 1. The van der Waals surface area contributed by atoms with E-state index in [0.29, 0.717) is 23.4 Å². The van der Waals surface area contributed by atoms with Crippen LogP contribution < -0.4 is 0 Å². The summed E-state index contributed by atoms with van der Waals surface area (Å²) in [7, 11) is 0. The zero-order chi connectivity index (χ0) is 14.7. The van der Waals surface area contributed by atoms with Crippen LogP contribution in [0.1, 0.15) is 33.2 Å². The van der Waals surface area contributed by atoms with E-state index in [2.05, 4.69) is 5.10 Å². The first kappa shape index (κ1) is 13.8. The summed E-state index contributed by atoms with van der Waals surface area (Å²) in [5, 5.41) is 13.1. The predicted octanol–water partition coefficient (Wildman–Crippen LogP) is 2.06. The Kier molecular flexibility index (Phi) is 3.84. The van der Waals surface area contributed by atoms with Crippen LogP contribution >= 0.6 is 0 Å². The minimum atomic E-state index is -0.971. The fraction of sp³-hybridized carbons (Fsp3) is 0.214. The normalized spacial score (nSPS) is 10.3. The number of aryl methyl sites for hydroxylation is 1. The third kappa shape index (κ3) is 2.69. The predicted molar refractivity (Wildman–Crippen MR) is 71.2 cm³/mol. The molecule has 0 aliphatic heterocycles. The second-order valence-corrected chi connectivity index (χ2v) is 4.20. The maximum atomic E-state index is 11.5. The van der Waals surface area contributed by atoms with Gasteiger partial charge in [-0.05, 0) is 37.6 Å². The number of hydrogen-bond acceptors (Lipinski definition) is 4. The van der Waals surface area contributed by atoms with Gasteiger partial charge >= 0.3 is 11.9 Å². The molecule has 0 spiro atoms. The number of carbonyl (C=O) groups is 2. The Labute approximate surface area is 115 Å². The van der Waals surface area contributed by atoms with Crippen molar-refractivity contribution in [2.75, 3.05) is 6.61 Å². The van der Waals surface area contributed by atoms with Crippen molar-refractivity contribution in [3.05, 3.63) is 47.3 Å². The Hall–Kier alpha value is -2.63. The number of benzene rings is 1. The number of nitrogens with zero attached hydrogens (tertiary/aromatic N) is 2. The zero-order valence-electron chi connectivity index (χ0n) is 11.2. The van der Waals surface area contributed by atoms with Gasteiger partial charge in [-0.25, -0.2) is 14.3 Å². The number of carboxylic acids is 1. The SMILES string of the molecule is CCOC(=O)c1cnn(-c2ccc(C(=O)O)c(C)c2)c1. The fourth-order valence-electron chi connectivity index (χ4n) is 1.81. The lowest BCUT2D eigenvalue weighted by atomic mass is 10.1. The highest BCUT2D eigenvalue weighted by atomic mass is 16.5. The van der Waals surface area contributed by atoms with Crippen LogP contribution in [0.4, 0.5) is 0 Å². The lowest BCUT2D eigenvalue weighted by Gasteiger charge is -2.05. The first-order valence-electron chi connectivity index (χ1n) is 6.09. The van der Waals surface area contributed by atoms with Crippen LogP contribution in [0.3, 0.4) is 0 Å². The second-order valence-electron chi connectivity index (χ2n) is 4.20. The smallest absolute Gasteiger partial charge is 0.341 e. The van der Waals surface area contributed by atoms with Gasteiger partial charge in [-0.2, -0.15) is 5.10 Å². The van der Waals surface area contributed by atoms with Crippen molar-refractivity contribution in [2.24, 2.45) is 0 Å². The highest BCUT2D eigenvalue weighted by Crippen LogP contribution is 2.15. The molecule has 0 bridgehead atoms. The van der Waals surface area contributed by atoms with Crippen LogP contribution in [0.25, 0.3) is 5.69 Å². The number of esters is 1. The first-order valence-corrected chi connectivity index (χ1v) is 6.09. The van der Waals surface area contributed by atoms with E-state index in [-0.39, 0.29) is 5.56 Å². The van der Waals surface area contributed by atoms with E-state index in [1.54, 1.807) is 32.2 Å².